The highest BCUT2D eigenvalue weighted by atomic mass is 32.1. The van der Waals surface area contributed by atoms with Gasteiger partial charge in [0.25, 0.3) is 0 Å². The fourth-order valence-corrected chi connectivity index (χ4v) is 7.55. The molecule has 5 rings (SSSR count). The van der Waals surface area contributed by atoms with E-state index < -0.39 is 29.9 Å². The van der Waals surface area contributed by atoms with E-state index in [0.29, 0.717) is 5.76 Å². The maximum atomic E-state index is 14.1. The summed E-state index contributed by atoms with van der Waals surface area (Å²) >= 11 is 2.93. The van der Waals surface area contributed by atoms with Gasteiger partial charge in [-0.25, -0.2) is 4.79 Å². The van der Waals surface area contributed by atoms with Crippen molar-refractivity contribution in [3.63, 3.8) is 0 Å². The molecular weight excluding hydrogens is 470 g/mol. The van der Waals surface area contributed by atoms with E-state index in [9.17, 15) is 19.5 Å². The van der Waals surface area contributed by atoms with E-state index in [1.54, 1.807) is 24.0 Å². The molecule has 0 radical (unpaired) electrons. The van der Waals surface area contributed by atoms with E-state index in [4.69, 9.17) is 4.42 Å². The predicted octanol–water partition coefficient (Wildman–Crippen LogP) is 5.75. The third kappa shape index (κ3) is 3.64. The number of likely N-dealkylation sites (tertiary alicyclic amines) is 1. The second kappa shape index (κ2) is 8.82. The van der Waals surface area contributed by atoms with Crippen molar-refractivity contribution in [3.05, 3.63) is 67.4 Å². The maximum Gasteiger partial charge on any atom is 0.327 e. The number of carbonyl (C=O) groups excluding carboxylic acids is 2. The number of Topliss-reactive ketones (excluding diaryl/α,β-unsaturated/α-hetero) is 1. The molecular formula is C26H27NO5S2. The second-order valence-corrected chi connectivity index (χ2v) is 11.3. The Morgan fingerprint density at radius 3 is 2.09 bits per heavy atom. The van der Waals surface area contributed by atoms with Crippen molar-refractivity contribution in [2.24, 2.45) is 11.8 Å². The van der Waals surface area contributed by atoms with E-state index in [0.717, 1.165) is 40.1 Å². The Hall–Kier alpha value is -2.71. The van der Waals surface area contributed by atoms with Gasteiger partial charge in [0.2, 0.25) is 11.7 Å². The number of aryl methyl sites for hydroxylation is 3. The summed E-state index contributed by atoms with van der Waals surface area (Å²) < 4.78 is 5.73. The molecule has 0 bridgehead atoms. The van der Waals surface area contributed by atoms with Crippen molar-refractivity contribution in [2.75, 3.05) is 0 Å². The number of amides is 1. The van der Waals surface area contributed by atoms with Crippen molar-refractivity contribution in [2.45, 2.75) is 58.0 Å². The van der Waals surface area contributed by atoms with Gasteiger partial charge in [0.15, 0.2) is 5.76 Å². The highest BCUT2D eigenvalue weighted by Crippen LogP contribution is 2.55. The molecule has 1 amide bonds. The van der Waals surface area contributed by atoms with E-state index in [1.807, 2.05) is 36.7 Å². The van der Waals surface area contributed by atoms with Gasteiger partial charge in [-0.15, -0.1) is 22.7 Å². The zero-order valence-corrected chi connectivity index (χ0v) is 20.9. The first-order valence-electron chi connectivity index (χ1n) is 11.5. The van der Waals surface area contributed by atoms with Gasteiger partial charge >= 0.3 is 5.97 Å². The average molecular weight is 498 g/mol. The lowest BCUT2D eigenvalue weighted by Crippen LogP contribution is -2.47. The van der Waals surface area contributed by atoms with Crippen molar-refractivity contribution >= 4 is 40.3 Å². The van der Waals surface area contributed by atoms with Crippen molar-refractivity contribution in [1.82, 2.24) is 4.90 Å². The van der Waals surface area contributed by atoms with Crippen LogP contribution in [0.2, 0.25) is 0 Å². The summed E-state index contributed by atoms with van der Waals surface area (Å²) in [5, 5.41) is 14.4. The van der Waals surface area contributed by atoms with Crippen molar-refractivity contribution in [1.29, 1.82) is 0 Å². The molecule has 1 saturated carbocycles. The Kier molecular flexibility index (Phi) is 5.98. The highest BCUT2D eigenvalue weighted by molar-refractivity contribution is 7.10. The van der Waals surface area contributed by atoms with Crippen LogP contribution in [0.25, 0.3) is 0 Å². The molecule has 4 atom stereocenters. The number of carboxylic acid groups (broad SMARTS) is 1. The Bertz CT molecular complexity index is 1250. The summed E-state index contributed by atoms with van der Waals surface area (Å²) in [5.74, 6) is -2.25. The minimum Gasteiger partial charge on any atom is -0.480 e. The van der Waals surface area contributed by atoms with Gasteiger partial charge in [0, 0.05) is 21.6 Å². The molecule has 3 aromatic heterocycles. The third-order valence-corrected chi connectivity index (χ3v) is 9.50. The Morgan fingerprint density at radius 1 is 0.971 bits per heavy atom. The van der Waals surface area contributed by atoms with E-state index >= 15 is 0 Å². The molecule has 0 spiro atoms. The average Bonchev–Trinajstić information content (AvgIpc) is 3.51. The lowest BCUT2D eigenvalue weighted by molar-refractivity contribution is -0.153. The maximum absolute atomic E-state index is 14.1. The molecule has 6 nitrogen and oxygen atoms in total. The van der Waals surface area contributed by atoms with Crippen LogP contribution in [0.4, 0.5) is 0 Å². The standard InChI is InChI=1S/C26H27NO5S2/c1-13-9-11-33-23(13)19-18(22(28)17-8-7-15(3)32-17)20(24-14(2)10-12-34-24)27(21(19)26(30)31)25(29)16-5-4-6-16/h7-12,16,18-21H,4-6H2,1-3H3,(H,30,31). The third-order valence-electron chi connectivity index (χ3n) is 7.29. The quantitative estimate of drug-likeness (QED) is 0.438. The van der Waals surface area contributed by atoms with Gasteiger partial charge in [-0.3, -0.25) is 9.59 Å². The first-order chi connectivity index (χ1) is 16.3. The summed E-state index contributed by atoms with van der Waals surface area (Å²) in [6.45, 7) is 5.67. The van der Waals surface area contributed by atoms with Gasteiger partial charge in [-0.2, -0.15) is 0 Å². The van der Waals surface area contributed by atoms with Gasteiger partial charge in [0.1, 0.15) is 11.8 Å². The number of hydrogen-bond donors (Lipinski definition) is 1. The lowest BCUT2D eigenvalue weighted by Gasteiger charge is -2.35. The minimum absolute atomic E-state index is 0.151. The SMILES string of the molecule is Cc1ccc(C(=O)C2C(c3sccc3C)C(C(=O)O)N(C(=O)C3CCC3)C2c2sccc2C)o1. The fourth-order valence-electron chi connectivity index (χ4n) is 5.37. The molecule has 4 heterocycles. The molecule has 1 saturated heterocycles. The number of nitrogens with zero attached hydrogens (tertiary/aromatic N) is 1. The fraction of sp³-hybridized carbons (Fsp3) is 0.423. The zero-order chi connectivity index (χ0) is 24.1. The predicted molar refractivity (Wildman–Crippen MR) is 130 cm³/mol. The summed E-state index contributed by atoms with van der Waals surface area (Å²) in [6.07, 6.45) is 2.49. The molecule has 2 fully saturated rings. The monoisotopic (exact) mass is 497 g/mol. The Labute approximate surface area is 206 Å². The van der Waals surface area contributed by atoms with Crippen LogP contribution in [0.3, 0.4) is 0 Å². The van der Waals surface area contributed by atoms with Gasteiger partial charge in [-0.05, 0) is 79.8 Å². The van der Waals surface area contributed by atoms with Gasteiger partial charge < -0.3 is 14.4 Å². The molecule has 1 aliphatic heterocycles. The number of rotatable bonds is 6. The number of furan rings is 1. The molecule has 34 heavy (non-hydrogen) atoms. The van der Waals surface area contributed by atoms with Crippen LogP contribution in [0.1, 0.15) is 68.4 Å². The van der Waals surface area contributed by atoms with E-state index in [1.165, 1.54) is 22.7 Å². The second-order valence-electron chi connectivity index (χ2n) is 9.36. The van der Waals surface area contributed by atoms with Crippen LogP contribution < -0.4 is 0 Å². The summed E-state index contributed by atoms with van der Waals surface area (Å²) in [5.41, 5.74) is 1.90. The smallest absolute Gasteiger partial charge is 0.327 e. The topological polar surface area (TPSA) is 87.8 Å². The van der Waals surface area contributed by atoms with Crippen molar-refractivity contribution < 1.29 is 23.9 Å². The van der Waals surface area contributed by atoms with Crippen LogP contribution >= 0.6 is 22.7 Å². The first-order valence-corrected chi connectivity index (χ1v) is 13.3. The molecule has 2 aliphatic rings. The highest BCUT2D eigenvalue weighted by Gasteiger charge is 2.60. The molecule has 1 N–H and O–H groups in total. The summed E-state index contributed by atoms with van der Waals surface area (Å²) in [7, 11) is 0. The molecule has 0 aromatic carbocycles. The van der Waals surface area contributed by atoms with Crippen molar-refractivity contribution in [3.8, 4) is 0 Å². The van der Waals surface area contributed by atoms with Crippen LogP contribution in [-0.2, 0) is 9.59 Å². The molecule has 1 aliphatic carbocycles. The largest absolute Gasteiger partial charge is 0.480 e. The van der Waals surface area contributed by atoms with Crippen LogP contribution in [-0.4, -0.2) is 33.7 Å². The first kappa shape index (κ1) is 23.1. The van der Waals surface area contributed by atoms with E-state index in [2.05, 4.69) is 0 Å². The number of hydrogen-bond acceptors (Lipinski definition) is 6. The van der Waals surface area contributed by atoms with Gasteiger partial charge in [-0.1, -0.05) is 6.42 Å². The zero-order valence-electron chi connectivity index (χ0n) is 19.3. The lowest BCUT2D eigenvalue weighted by atomic mass is 9.80. The van der Waals surface area contributed by atoms with Crippen LogP contribution in [0.5, 0.6) is 0 Å². The Morgan fingerprint density at radius 2 is 1.62 bits per heavy atom. The molecule has 4 unspecified atom stereocenters. The number of thiophene rings is 2. The minimum atomic E-state index is -1.12. The molecule has 3 aromatic rings. The number of carbonyl (C=O) groups is 3. The van der Waals surface area contributed by atoms with Gasteiger partial charge in [0.05, 0.1) is 12.0 Å². The molecule has 8 heteroatoms. The summed E-state index contributed by atoms with van der Waals surface area (Å²) in [6, 6.07) is 5.52. The number of carboxylic acids is 1. The van der Waals surface area contributed by atoms with Crippen LogP contribution in [0, 0.1) is 32.6 Å². The normalized spacial score (nSPS) is 24.9. The van der Waals surface area contributed by atoms with E-state index in [-0.39, 0.29) is 23.4 Å². The van der Waals surface area contributed by atoms with Crippen LogP contribution in [0.15, 0.2) is 39.4 Å². The number of aliphatic carboxylic acids is 1. The molecule has 178 valence electrons. The summed E-state index contributed by atoms with van der Waals surface area (Å²) in [4.78, 5) is 44.0. The Balaban J connectivity index is 1.74. The number of ketones is 1.